The molecule has 0 saturated heterocycles. The average Bonchev–Trinajstić information content (AvgIpc) is 2.46. The van der Waals surface area contributed by atoms with Crippen molar-refractivity contribution in [2.24, 2.45) is 4.99 Å². The molecule has 0 fully saturated rings. The van der Waals surface area contributed by atoms with Gasteiger partial charge in [-0.15, -0.1) is 0 Å². The van der Waals surface area contributed by atoms with E-state index < -0.39 is 8.32 Å². The summed E-state index contributed by atoms with van der Waals surface area (Å²) >= 11 is 0. The van der Waals surface area contributed by atoms with Gasteiger partial charge >= 0.3 is 0 Å². The lowest BCUT2D eigenvalue weighted by molar-refractivity contribution is 0.276. The second-order valence-corrected chi connectivity index (χ2v) is 11.7. The Balaban J connectivity index is 2.88. The Hall–Kier alpha value is -1.47. The van der Waals surface area contributed by atoms with E-state index in [1.165, 1.54) is 6.33 Å². The van der Waals surface area contributed by atoms with E-state index in [-0.39, 0.29) is 5.04 Å². The molecule has 6 nitrogen and oxygen atoms in total. The van der Waals surface area contributed by atoms with Crippen LogP contribution >= 0.6 is 0 Å². The van der Waals surface area contributed by atoms with Crippen LogP contribution in [0.1, 0.15) is 40.2 Å². The molecule has 1 rings (SSSR count). The second kappa shape index (κ2) is 8.40. The summed E-state index contributed by atoms with van der Waals surface area (Å²) < 4.78 is 6.28. The molecule has 7 heteroatoms. The highest BCUT2D eigenvalue weighted by Gasteiger charge is 2.37. The number of hydrogen-bond acceptors (Lipinski definition) is 4. The van der Waals surface area contributed by atoms with E-state index in [4.69, 9.17) is 4.43 Å². The summed E-state index contributed by atoms with van der Waals surface area (Å²) in [6.07, 6.45) is 3.34. The number of nitrogens with zero attached hydrogens (tertiary/aromatic N) is 3. The van der Waals surface area contributed by atoms with Crippen LogP contribution < -0.4 is 10.6 Å². The van der Waals surface area contributed by atoms with E-state index in [0.29, 0.717) is 13.2 Å². The molecule has 2 N–H and O–H groups in total. The average molecular weight is 338 g/mol. The summed E-state index contributed by atoms with van der Waals surface area (Å²) in [6.45, 7) is 17.2. The fourth-order valence-electron chi connectivity index (χ4n) is 1.63. The van der Waals surface area contributed by atoms with Gasteiger partial charge in [-0.25, -0.2) is 9.97 Å². The molecule has 23 heavy (non-hydrogen) atoms. The Bertz CT molecular complexity index is 525. The monoisotopic (exact) mass is 337 g/mol. The maximum atomic E-state index is 6.28. The van der Waals surface area contributed by atoms with Crippen molar-refractivity contribution in [1.29, 1.82) is 0 Å². The molecule has 0 unspecified atom stereocenters. The fraction of sp³-hybridized carbons (Fsp3) is 0.688. The number of nitrogens with one attached hydrogen (secondary N) is 2. The van der Waals surface area contributed by atoms with Gasteiger partial charge in [-0.05, 0) is 32.0 Å². The van der Waals surface area contributed by atoms with E-state index >= 15 is 0 Å². The molecule has 130 valence electrons. The SMILES string of the molecule is CCN=C(NCC)Nc1ncncc1CO[Si](C)(C)C(C)(C)C. The predicted octanol–water partition coefficient (Wildman–Crippen LogP) is 3.40. The lowest BCUT2D eigenvalue weighted by Crippen LogP contribution is -2.40. The molecular formula is C16H31N5OSi. The van der Waals surface area contributed by atoms with Crippen molar-refractivity contribution in [2.45, 2.75) is 59.4 Å². The largest absolute Gasteiger partial charge is 0.412 e. The first kappa shape index (κ1) is 19.6. The van der Waals surface area contributed by atoms with E-state index in [9.17, 15) is 0 Å². The molecule has 1 heterocycles. The Kier molecular flexibility index (Phi) is 7.15. The Labute approximate surface area is 141 Å². The van der Waals surface area contributed by atoms with Gasteiger partial charge in [0.05, 0.1) is 6.61 Å². The minimum absolute atomic E-state index is 0.175. The topological polar surface area (TPSA) is 71.4 Å². The highest BCUT2D eigenvalue weighted by atomic mass is 28.4. The third-order valence-electron chi connectivity index (χ3n) is 4.08. The molecule has 0 atom stereocenters. The third kappa shape index (κ3) is 5.91. The number of hydrogen-bond donors (Lipinski definition) is 2. The van der Waals surface area contributed by atoms with Gasteiger partial charge in [0, 0.05) is 24.8 Å². The molecule has 0 aliphatic heterocycles. The van der Waals surface area contributed by atoms with Crippen molar-refractivity contribution in [3.05, 3.63) is 18.1 Å². The van der Waals surface area contributed by atoms with Crippen molar-refractivity contribution in [1.82, 2.24) is 15.3 Å². The van der Waals surface area contributed by atoms with E-state index in [1.807, 2.05) is 13.8 Å². The quantitative estimate of drug-likeness (QED) is 0.473. The lowest BCUT2D eigenvalue weighted by Gasteiger charge is -2.36. The molecule has 1 aromatic rings. The maximum Gasteiger partial charge on any atom is 0.196 e. The summed E-state index contributed by atoms with van der Waals surface area (Å²) in [5.74, 6) is 1.47. The molecule has 0 bridgehead atoms. The summed E-state index contributed by atoms with van der Waals surface area (Å²) in [6, 6.07) is 0. The molecule has 1 aromatic heterocycles. The van der Waals surface area contributed by atoms with E-state index in [0.717, 1.165) is 23.9 Å². The highest BCUT2D eigenvalue weighted by molar-refractivity contribution is 6.74. The molecule has 0 saturated carbocycles. The van der Waals surface area contributed by atoms with Gasteiger partial charge < -0.3 is 15.1 Å². The van der Waals surface area contributed by atoms with Crippen LogP contribution in [0.2, 0.25) is 18.1 Å². The Morgan fingerprint density at radius 3 is 2.57 bits per heavy atom. The molecule has 0 aliphatic carbocycles. The first-order chi connectivity index (χ1) is 10.7. The number of aromatic nitrogens is 2. The summed E-state index contributed by atoms with van der Waals surface area (Å²) in [7, 11) is -1.81. The molecule has 0 aliphatic rings. The molecular weight excluding hydrogens is 306 g/mol. The van der Waals surface area contributed by atoms with Gasteiger partial charge in [-0.2, -0.15) is 0 Å². The zero-order valence-corrected chi connectivity index (χ0v) is 16.5. The van der Waals surface area contributed by atoms with Gasteiger partial charge in [0.1, 0.15) is 12.1 Å². The fourth-order valence-corrected chi connectivity index (χ4v) is 2.58. The van der Waals surface area contributed by atoms with Crippen molar-refractivity contribution in [3.8, 4) is 0 Å². The number of anilines is 1. The van der Waals surface area contributed by atoms with Crippen LogP contribution in [0.5, 0.6) is 0 Å². The van der Waals surface area contributed by atoms with E-state index in [1.54, 1.807) is 6.20 Å². The van der Waals surface area contributed by atoms with Crippen molar-refractivity contribution in [2.75, 3.05) is 18.4 Å². The predicted molar refractivity (Wildman–Crippen MR) is 99.3 cm³/mol. The van der Waals surface area contributed by atoms with Gasteiger partial charge in [-0.1, -0.05) is 20.8 Å². The standard InChI is InChI=1S/C16H31N5OSi/c1-8-18-15(19-9-2)21-14-13(10-17-12-20-14)11-22-23(6,7)16(3,4)5/h10,12H,8-9,11H2,1-7H3,(H2,17,18,19,20,21). The summed E-state index contributed by atoms with van der Waals surface area (Å²) in [5, 5.41) is 6.63. The number of aliphatic imine (C=N–C) groups is 1. The maximum absolute atomic E-state index is 6.28. The van der Waals surface area contributed by atoms with Crippen LogP contribution in [0, 0.1) is 0 Å². The summed E-state index contributed by atoms with van der Waals surface area (Å²) in [4.78, 5) is 12.9. The first-order valence-corrected chi connectivity index (χ1v) is 11.1. The van der Waals surface area contributed by atoms with Crippen molar-refractivity contribution < 1.29 is 4.43 Å². The van der Waals surface area contributed by atoms with Gasteiger partial charge in [0.15, 0.2) is 14.3 Å². The minimum Gasteiger partial charge on any atom is -0.412 e. The molecule has 0 radical (unpaired) electrons. The van der Waals surface area contributed by atoms with Crippen LogP contribution in [-0.4, -0.2) is 37.3 Å². The van der Waals surface area contributed by atoms with E-state index in [2.05, 4.69) is 59.5 Å². The highest BCUT2D eigenvalue weighted by Crippen LogP contribution is 2.37. The number of rotatable bonds is 6. The number of guanidine groups is 1. The van der Waals surface area contributed by atoms with Crippen LogP contribution in [-0.2, 0) is 11.0 Å². The minimum atomic E-state index is -1.81. The van der Waals surface area contributed by atoms with Gasteiger partial charge in [0.25, 0.3) is 0 Å². The van der Waals surface area contributed by atoms with Crippen molar-refractivity contribution in [3.63, 3.8) is 0 Å². The molecule has 0 spiro atoms. The van der Waals surface area contributed by atoms with Gasteiger partial charge in [0.2, 0.25) is 0 Å². The van der Waals surface area contributed by atoms with Crippen LogP contribution in [0.15, 0.2) is 17.5 Å². The molecule has 0 amide bonds. The summed E-state index contributed by atoms with van der Waals surface area (Å²) in [5.41, 5.74) is 0.944. The Morgan fingerprint density at radius 2 is 2.00 bits per heavy atom. The van der Waals surface area contributed by atoms with Crippen LogP contribution in [0.25, 0.3) is 0 Å². The third-order valence-corrected chi connectivity index (χ3v) is 8.56. The normalized spacial score (nSPS) is 13.1. The zero-order chi connectivity index (χ0) is 17.5. The second-order valence-electron chi connectivity index (χ2n) is 6.92. The Morgan fingerprint density at radius 1 is 1.30 bits per heavy atom. The molecule has 0 aromatic carbocycles. The van der Waals surface area contributed by atoms with Crippen LogP contribution in [0.3, 0.4) is 0 Å². The lowest BCUT2D eigenvalue weighted by atomic mass is 10.2. The zero-order valence-electron chi connectivity index (χ0n) is 15.5. The smallest absolute Gasteiger partial charge is 0.196 e. The van der Waals surface area contributed by atoms with Crippen LogP contribution in [0.4, 0.5) is 5.82 Å². The van der Waals surface area contributed by atoms with Crippen molar-refractivity contribution >= 4 is 20.1 Å². The van der Waals surface area contributed by atoms with Gasteiger partial charge in [-0.3, -0.25) is 4.99 Å². The first-order valence-electron chi connectivity index (χ1n) is 8.19.